The van der Waals surface area contributed by atoms with Gasteiger partial charge in [0.15, 0.2) is 5.76 Å². The van der Waals surface area contributed by atoms with Crippen molar-refractivity contribution in [2.45, 2.75) is 0 Å². The Morgan fingerprint density at radius 1 is 1.33 bits per heavy atom. The molecule has 0 amide bonds. The lowest BCUT2D eigenvalue weighted by Crippen LogP contribution is -2.28. The van der Waals surface area contributed by atoms with E-state index >= 15 is 0 Å². The smallest absolute Gasteiger partial charge is 0.260 e. The van der Waals surface area contributed by atoms with Crippen molar-refractivity contribution in [3.8, 4) is 0 Å². The first-order chi connectivity index (χ1) is 5.83. The summed E-state index contributed by atoms with van der Waals surface area (Å²) in [5.41, 5.74) is 0. The molecule has 1 aliphatic heterocycles. The Kier molecular flexibility index (Phi) is 2.93. The van der Waals surface area contributed by atoms with E-state index in [1.165, 1.54) is 5.06 Å². The van der Waals surface area contributed by atoms with Crippen LogP contribution in [0.1, 0.15) is 0 Å². The molecule has 0 radical (unpaired) electrons. The maximum Gasteiger partial charge on any atom is 0.260 e. The molecule has 5 heteroatoms. The summed E-state index contributed by atoms with van der Waals surface area (Å²) in [4.78, 5) is 8.98. The zero-order valence-electron chi connectivity index (χ0n) is 7.40. The van der Waals surface area contributed by atoms with Crippen LogP contribution >= 0.6 is 0 Å². The van der Waals surface area contributed by atoms with E-state index in [9.17, 15) is 0 Å². The number of allylic oxidation sites excluding steroid dienone is 1. The van der Waals surface area contributed by atoms with Crippen molar-refractivity contribution in [3.05, 3.63) is 11.6 Å². The van der Waals surface area contributed by atoms with Crippen molar-refractivity contribution in [1.82, 2.24) is 5.06 Å². The van der Waals surface area contributed by atoms with Crippen LogP contribution in [0.4, 0.5) is 0 Å². The summed E-state index contributed by atoms with van der Waals surface area (Å²) >= 11 is 0. The largest absolute Gasteiger partial charge is 0.490 e. The minimum Gasteiger partial charge on any atom is -0.490 e. The molecule has 0 aliphatic carbocycles. The number of aliphatic imine (C=N–C) groups is 1. The van der Waals surface area contributed by atoms with Gasteiger partial charge >= 0.3 is 0 Å². The van der Waals surface area contributed by atoms with Crippen LogP contribution in [-0.4, -0.2) is 39.3 Å². The number of methoxy groups -OCH3 is 2. The third kappa shape index (κ3) is 1.50. The van der Waals surface area contributed by atoms with Gasteiger partial charge in [0, 0.05) is 0 Å². The van der Waals surface area contributed by atoms with Crippen molar-refractivity contribution in [2.75, 3.05) is 28.0 Å². The van der Waals surface area contributed by atoms with Gasteiger partial charge in [-0.15, -0.1) is 0 Å². The lowest BCUT2D eigenvalue weighted by Gasteiger charge is -2.24. The summed E-state index contributed by atoms with van der Waals surface area (Å²) in [6, 6.07) is 0. The normalized spacial score (nSPS) is 16.8. The van der Waals surface area contributed by atoms with E-state index in [2.05, 4.69) is 4.99 Å². The van der Waals surface area contributed by atoms with Crippen molar-refractivity contribution in [1.29, 1.82) is 0 Å². The van der Waals surface area contributed by atoms with Crippen LogP contribution in [0.25, 0.3) is 0 Å². The Morgan fingerprint density at radius 2 is 2.08 bits per heavy atom. The van der Waals surface area contributed by atoms with Gasteiger partial charge in [0.1, 0.15) is 6.67 Å². The topological polar surface area (TPSA) is 43.3 Å². The van der Waals surface area contributed by atoms with Crippen LogP contribution in [0.3, 0.4) is 0 Å². The SMILES string of the molecule is COC1=C(OC)N(OC)CN=C1. The average molecular weight is 172 g/mol. The quantitative estimate of drug-likeness (QED) is 0.616. The number of hydrogen-bond acceptors (Lipinski definition) is 5. The molecular weight excluding hydrogens is 160 g/mol. The molecule has 0 unspecified atom stereocenters. The summed E-state index contributed by atoms with van der Waals surface area (Å²) in [5, 5.41) is 1.50. The number of rotatable bonds is 3. The molecule has 1 rings (SSSR count). The zero-order valence-corrected chi connectivity index (χ0v) is 7.40. The Labute approximate surface area is 71.2 Å². The van der Waals surface area contributed by atoms with E-state index < -0.39 is 0 Å². The first kappa shape index (κ1) is 8.86. The van der Waals surface area contributed by atoms with Gasteiger partial charge in [0.2, 0.25) is 0 Å². The fourth-order valence-electron chi connectivity index (χ4n) is 0.923. The average Bonchev–Trinajstić information content (AvgIpc) is 2.16. The number of hydrogen-bond donors (Lipinski definition) is 0. The van der Waals surface area contributed by atoms with Gasteiger partial charge in [-0.2, -0.15) is 5.06 Å². The molecule has 0 aromatic heterocycles. The van der Waals surface area contributed by atoms with Crippen LogP contribution in [-0.2, 0) is 14.3 Å². The van der Waals surface area contributed by atoms with Gasteiger partial charge in [0.25, 0.3) is 5.88 Å². The second-order valence-electron chi connectivity index (χ2n) is 2.09. The molecule has 0 bridgehead atoms. The van der Waals surface area contributed by atoms with Crippen molar-refractivity contribution in [3.63, 3.8) is 0 Å². The van der Waals surface area contributed by atoms with Crippen LogP contribution < -0.4 is 0 Å². The Hall–Kier alpha value is -1.23. The lowest BCUT2D eigenvalue weighted by molar-refractivity contribution is -0.140. The maximum absolute atomic E-state index is 5.06. The second-order valence-corrected chi connectivity index (χ2v) is 2.09. The Balaban J connectivity index is 2.85. The lowest BCUT2D eigenvalue weighted by atomic mass is 10.5. The first-order valence-corrected chi connectivity index (χ1v) is 3.47. The van der Waals surface area contributed by atoms with E-state index in [-0.39, 0.29) is 0 Å². The molecule has 0 spiro atoms. The summed E-state index contributed by atoms with van der Waals surface area (Å²) in [5.74, 6) is 1.10. The Morgan fingerprint density at radius 3 is 2.58 bits per heavy atom. The highest BCUT2D eigenvalue weighted by Gasteiger charge is 2.18. The minimum atomic E-state index is 0.423. The zero-order chi connectivity index (χ0) is 8.97. The molecule has 1 aliphatic rings. The van der Waals surface area contributed by atoms with E-state index in [1.807, 2.05) is 0 Å². The molecule has 0 saturated heterocycles. The number of hydroxylamine groups is 2. The predicted molar refractivity (Wildman–Crippen MR) is 43.3 cm³/mol. The molecule has 68 valence electrons. The minimum absolute atomic E-state index is 0.423. The number of ether oxygens (including phenoxy) is 2. The monoisotopic (exact) mass is 172 g/mol. The van der Waals surface area contributed by atoms with E-state index in [1.54, 1.807) is 27.5 Å². The summed E-state index contributed by atoms with van der Waals surface area (Å²) in [7, 11) is 4.66. The molecule has 0 fully saturated rings. The molecule has 0 N–H and O–H groups in total. The maximum atomic E-state index is 5.06. The van der Waals surface area contributed by atoms with Crippen LogP contribution in [0.2, 0.25) is 0 Å². The fraction of sp³-hybridized carbons (Fsp3) is 0.571. The molecular formula is C7H12N2O3. The second kappa shape index (κ2) is 3.96. The molecule has 0 aromatic rings. The highest BCUT2D eigenvalue weighted by Crippen LogP contribution is 2.14. The highest BCUT2D eigenvalue weighted by atomic mass is 16.7. The van der Waals surface area contributed by atoms with Gasteiger partial charge in [-0.3, -0.25) is 9.83 Å². The van der Waals surface area contributed by atoms with Crippen LogP contribution in [0.15, 0.2) is 16.6 Å². The van der Waals surface area contributed by atoms with E-state index in [0.717, 1.165) is 0 Å². The highest BCUT2D eigenvalue weighted by molar-refractivity contribution is 5.77. The molecule has 12 heavy (non-hydrogen) atoms. The van der Waals surface area contributed by atoms with Crippen molar-refractivity contribution >= 4 is 6.21 Å². The van der Waals surface area contributed by atoms with Gasteiger partial charge in [-0.1, -0.05) is 0 Å². The van der Waals surface area contributed by atoms with Crippen LogP contribution in [0, 0.1) is 0 Å². The molecule has 5 nitrogen and oxygen atoms in total. The first-order valence-electron chi connectivity index (χ1n) is 3.47. The van der Waals surface area contributed by atoms with Gasteiger partial charge in [0.05, 0.1) is 27.5 Å². The third-order valence-corrected chi connectivity index (χ3v) is 1.49. The van der Waals surface area contributed by atoms with E-state index in [4.69, 9.17) is 14.3 Å². The fourth-order valence-corrected chi connectivity index (χ4v) is 0.923. The van der Waals surface area contributed by atoms with Crippen molar-refractivity contribution in [2.24, 2.45) is 4.99 Å². The van der Waals surface area contributed by atoms with E-state index in [0.29, 0.717) is 18.3 Å². The van der Waals surface area contributed by atoms with Gasteiger partial charge in [-0.25, -0.2) is 0 Å². The summed E-state index contributed by atoms with van der Waals surface area (Å²) in [6.07, 6.45) is 1.61. The molecule has 0 saturated carbocycles. The molecule has 0 atom stereocenters. The predicted octanol–water partition coefficient (Wildman–Crippen LogP) is 0.354. The molecule has 0 aromatic carbocycles. The van der Waals surface area contributed by atoms with Gasteiger partial charge < -0.3 is 9.47 Å². The standard InChI is InChI=1S/C7H12N2O3/c1-10-6-4-8-5-9(12-3)7(6)11-2/h4H,5H2,1-3H3. The summed E-state index contributed by atoms with van der Waals surface area (Å²) < 4.78 is 10.1. The summed E-state index contributed by atoms with van der Waals surface area (Å²) in [6.45, 7) is 0.423. The number of nitrogens with zero attached hydrogens (tertiary/aromatic N) is 2. The van der Waals surface area contributed by atoms with Crippen LogP contribution in [0.5, 0.6) is 0 Å². The Bertz CT molecular complexity index is 213. The van der Waals surface area contributed by atoms with Crippen molar-refractivity contribution < 1.29 is 14.3 Å². The third-order valence-electron chi connectivity index (χ3n) is 1.49. The molecule has 1 heterocycles. The van der Waals surface area contributed by atoms with Gasteiger partial charge in [-0.05, 0) is 0 Å².